The van der Waals surface area contributed by atoms with Gasteiger partial charge in [0, 0.05) is 13.1 Å². The van der Waals surface area contributed by atoms with E-state index in [9.17, 15) is 0 Å². The lowest BCUT2D eigenvalue weighted by atomic mass is 9.96. The SMILES string of the molecule is CCN(Cc1ccccc1)C(N)=NC1CCCCC1. The van der Waals surface area contributed by atoms with Gasteiger partial charge in [0.15, 0.2) is 5.96 Å². The molecule has 0 atom stereocenters. The third kappa shape index (κ3) is 4.27. The highest BCUT2D eigenvalue weighted by Crippen LogP contribution is 2.20. The third-order valence-corrected chi connectivity index (χ3v) is 3.81. The van der Waals surface area contributed by atoms with E-state index in [0.717, 1.165) is 13.1 Å². The van der Waals surface area contributed by atoms with E-state index >= 15 is 0 Å². The van der Waals surface area contributed by atoms with Gasteiger partial charge >= 0.3 is 0 Å². The minimum Gasteiger partial charge on any atom is -0.370 e. The standard InChI is InChI=1S/C16H25N3/c1-2-19(13-14-9-5-3-6-10-14)16(17)18-15-11-7-4-8-12-15/h3,5-6,9-10,15H,2,4,7-8,11-13H2,1H3,(H2,17,18). The Hall–Kier alpha value is -1.51. The first-order valence-electron chi connectivity index (χ1n) is 7.41. The third-order valence-electron chi connectivity index (χ3n) is 3.81. The first-order chi connectivity index (χ1) is 9.29. The molecule has 1 aliphatic rings. The van der Waals surface area contributed by atoms with Gasteiger partial charge in [-0.1, -0.05) is 49.6 Å². The van der Waals surface area contributed by atoms with Crippen LogP contribution in [0.3, 0.4) is 0 Å². The maximum atomic E-state index is 6.18. The van der Waals surface area contributed by atoms with Crippen molar-refractivity contribution in [3.05, 3.63) is 35.9 Å². The Morgan fingerprint density at radius 3 is 2.53 bits per heavy atom. The molecular weight excluding hydrogens is 234 g/mol. The maximum Gasteiger partial charge on any atom is 0.191 e. The van der Waals surface area contributed by atoms with Crippen molar-refractivity contribution in [2.75, 3.05) is 6.54 Å². The van der Waals surface area contributed by atoms with E-state index in [1.165, 1.54) is 37.7 Å². The van der Waals surface area contributed by atoms with E-state index < -0.39 is 0 Å². The highest BCUT2D eigenvalue weighted by Gasteiger charge is 2.14. The number of guanidine groups is 1. The summed E-state index contributed by atoms with van der Waals surface area (Å²) in [4.78, 5) is 6.88. The van der Waals surface area contributed by atoms with Crippen LogP contribution in [0.5, 0.6) is 0 Å². The number of rotatable bonds is 4. The summed E-state index contributed by atoms with van der Waals surface area (Å²) in [6.07, 6.45) is 6.35. The molecule has 0 bridgehead atoms. The maximum absolute atomic E-state index is 6.18. The lowest BCUT2D eigenvalue weighted by Gasteiger charge is -2.25. The average Bonchev–Trinajstić information content (AvgIpc) is 2.47. The first-order valence-corrected chi connectivity index (χ1v) is 7.41. The lowest BCUT2D eigenvalue weighted by molar-refractivity contribution is 0.406. The molecule has 1 aromatic carbocycles. The van der Waals surface area contributed by atoms with Crippen LogP contribution in [0.2, 0.25) is 0 Å². The molecule has 2 rings (SSSR count). The normalized spacial score (nSPS) is 17.4. The van der Waals surface area contributed by atoms with Gasteiger partial charge in [0.05, 0.1) is 6.04 Å². The highest BCUT2D eigenvalue weighted by atomic mass is 15.2. The van der Waals surface area contributed by atoms with Crippen molar-refractivity contribution >= 4 is 5.96 Å². The van der Waals surface area contributed by atoms with E-state index in [0.29, 0.717) is 12.0 Å². The molecule has 104 valence electrons. The van der Waals surface area contributed by atoms with Crippen LogP contribution in [0.25, 0.3) is 0 Å². The molecule has 1 aromatic rings. The van der Waals surface area contributed by atoms with Crippen LogP contribution in [0.4, 0.5) is 0 Å². The fourth-order valence-electron chi connectivity index (χ4n) is 2.64. The molecule has 0 aliphatic heterocycles. The summed E-state index contributed by atoms with van der Waals surface area (Å²) >= 11 is 0. The van der Waals surface area contributed by atoms with Crippen LogP contribution < -0.4 is 5.73 Å². The van der Waals surface area contributed by atoms with E-state index in [1.54, 1.807) is 0 Å². The molecule has 0 heterocycles. The second kappa shape index (κ2) is 7.17. The second-order valence-corrected chi connectivity index (χ2v) is 5.28. The highest BCUT2D eigenvalue weighted by molar-refractivity contribution is 5.78. The summed E-state index contributed by atoms with van der Waals surface area (Å²) in [7, 11) is 0. The topological polar surface area (TPSA) is 41.6 Å². The summed E-state index contributed by atoms with van der Waals surface area (Å²) in [5.41, 5.74) is 7.47. The Morgan fingerprint density at radius 2 is 1.89 bits per heavy atom. The molecule has 2 N–H and O–H groups in total. The summed E-state index contributed by atoms with van der Waals surface area (Å²) in [5.74, 6) is 0.707. The predicted octanol–water partition coefficient (Wildman–Crippen LogP) is 3.16. The smallest absolute Gasteiger partial charge is 0.191 e. The first kappa shape index (κ1) is 13.9. The summed E-state index contributed by atoms with van der Waals surface area (Å²) in [6.45, 7) is 3.88. The predicted molar refractivity (Wildman–Crippen MR) is 81.0 cm³/mol. The van der Waals surface area contributed by atoms with Gasteiger partial charge in [0.2, 0.25) is 0 Å². The van der Waals surface area contributed by atoms with Crippen LogP contribution in [0, 0.1) is 0 Å². The zero-order valence-corrected chi connectivity index (χ0v) is 11.9. The van der Waals surface area contributed by atoms with Gasteiger partial charge in [-0.25, -0.2) is 4.99 Å². The molecule has 3 nitrogen and oxygen atoms in total. The van der Waals surface area contributed by atoms with Crippen molar-refractivity contribution in [1.29, 1.82) is 0 Å². The van der Waals surface area contributed by atoms with Crippen LogP contribution in [-0.4, -0.2) is 23.4 Å². The molecule has 0 saturated heterocycles. The van der Waals surface area contributed by atoms with Gasteiger partial charge in [-0.3, -0.25) is 0 Å². The Morgan fingerprint density at radius 1 is 1.21 bits per heavy atom. The van der Waals surface area contributed by atoms with E-state index in [-0.39, 0.29) is 0 Å². The minimum atomic E-state index is 0.443. The molecule has 19 heavy (non-hydrogen) atoms. The number of aliphatic imine (C=N–C) groups is 1. The van der Waals surface area contributed by atoms with Crippen molar-refractivity contribution < 1.29 is 0 Å². The number of benzene rings is 1. The average molecular weight is 259 g/mol. The fourth-order valence-corrected chi connectivity index (χ4v) is 2.64. The number of hydrogen-bond acceptors (Lipinski definition) is 1. The van der Waals surface area contributed by atoms with Crippen molar-refractivity contribution in [3.8, 4) is 0 Å². The second-order valence-electron chi connectivity index (χ2n) is 5.28. The Balaban J connectivity index is 1.97. The molecule has 1 aliphatic carbocycles. The summed E-state index contributed by atoms with van der Waals surface area (Å²) in [5, 5.41) is 0. The van der Waals surface area contributed by atoms with Gasteiger partial charge in [0.1, 0.15) is 0 Å². The van der Waals surface area contributed by atoms with E-state index in [2.05, 4.69) is 36.1 Å². The zero-order chi connectivity index (χ0) is 13.5. The van der Waals surface area contributed by atoms with E-state index in [1.807, 2.05) is 6.07 Å². The molecule has 0 radical (unpaired) electrons. The Bertz CT molecular complexity index is 394. The molecular formula is C16H25N3. The molecule has 0 aromatic heterocycles. The van der Waals surface area contributed by atoms with E-state index in [4.69, 9.17) is 10.7 Å². The van der Waals surface area contributed by atoms with Crippen LogP contribution in [-0.2, 0) is 6.54 Å². The van der Waals surface area contributed by atoms with Gasteiger partial charge in [-0.05, 0) is 25.3 Å². The van der Waals surface area contributed by atoms with Crippen LogP contribution in [0.1, 0.15) is 44.6 Å². The molecule has 0 spiro atoms. The van der Waals surface area contributed by atoms with Gasteiger partial charge < -0.3 is 10.6 Å². The molecule has 0 unspecified atom stereocenters. The van der Waals surface area contributed by atoms with Crippen molar-refractivity contribution in [1.82, 2.24) is 4.90 Å². The van der Waals surface area contributed by atoms with Gasteiger partial charge in [0.25, 0.3) is 0 Å². The monoisotopic (exact) mass is 259 g/mol. The number of nitrogens with two attached hydrogens (primary N) is 1. The number of nitrogens with zero attached hydrogens (tertiary/aromatic N) is 2. The Labute approximate surface area is 116 Å². The quantitative estimate of drug-likeness (QED) is 0.666. The number of hydrogen-bond donors (Lipinski definition) is 1. The van der Waals surface area contributed by atoms with Crippen LogP contribution in [0.15, 0.2) is 35.3 Å². The minimum absolute atomic E-state index is 0.443. The molecule has 0 amide bonds. The van der Waals surface area contributed by atoms with Crippen LogP contribution >= 0.6 is 0 Å². The summed E-state index contributed by atoms with van der Waals surface area (Å²) in [6, 6.07) is 10.9. The fraction of sp³-hybridized carbons (Fsp3) is 0.562. The lowest BCUT2D eigenvalue weighted by Crippen LogP contribution is -2.38. The van der Waals surface area contributed by atoms with Gasteiger partial charge in [-0.15, -0.1) is 0 Å². The molecule has 3 heteroatoms. The largest absolute Gasteiger partial charge is 0.370 e. The van der Waals surface area contributed by atoms with Crippen molar-refractivity contribution in [2.45, 2.75) is 51.6 Å². The summed E-state index contributed by atoms with van der Waals surface area (Å²) < 4.78 is 0. The van der Waals surface area contributed by atoms with Crippen molar-refractivity contribution in [3.63, 3.8) is 0 Å². The molecule has 1 fully saturated rings. The zero-order valence-electron chi connectivity index (χ0n) is 11.9. The Kier molecular flexibility index (Phi) is 5.25. The molecule has 1 saturated carbocycles. The van der Waals surface area contributed by atoms with Gasteiger partial charge in [-0.2, -0.15) is 0 Å². The van der Waals surface area contributed by atoms with Crippen molar-refractivity contribution in [2.24, 2.45) is 10.7 Å².